The average molecular weight is 520 g/mol. The molecule has 0 radical (unpaired) electrons. The quantitative estimate of drug-likeness (QED) is 0.239. The third-order valence-electron chi connectivity index (χ3n) is 6.44. The molecule has 0 fully saturated rings. The van der Waals surface area contributed by atoms with Crippen LogP contribution in [0.15, 0.2) is 97.1 Å². The van der Waals surface area contributed by atoms with Crippen LogP contribution in [0, 0.1) is 0 Å². The number of hydrogen-bond donors (Lipinski definition) is 0. The summed E-state index contributed by atoms with van der Waals surface area (Å²) in [7, 11) is 15.3. The van der Waals surface area contributed by atoms with Crippen molar-refractivity contribution in [1.82, 2.24) is 0 Å². The van der Waals surface area contributed by atoms with Gasteiger partial charge in [0.05, 0.1) is 0 Å². The summed E-state index contributed by atoms with van der Waals surface area (Å²) in [5.74, 6) is 0. The Morgan fingerprint density at radius 2 is 0.655 bits per heavy atom. The molecule has 140 valence electrons. The van der Waals surface area contributed by atoms with Gasteiger partial charge in [-0.3, -0.25) is 0 Å². The van der Waals surface area contributed by atoms with Crippen molar-refractivity contribution < 1.29 is 0 Å². The molecule has 0 aliphatic heterocycles. The topological polar surface area (TPSA) is 0 Å². The van der Waals surface area contributed by atoms with E-state index in [9.17, 15) is 0 Å². The van der Waals surface area contributed by atoms with E-state index in [1.165, 1.54) is 44.5 Å². The third kappa shape index (κ3) is 2.52. The van der Waals surface area contributed by atoms with E-state index in [4.69, 9.17) is 17.8 Å². The van der Waals surface area contributed by atoms with E-state index in [0.29, 0.717) is 0 Å². The predicted octanol–water partition coefficient (Wildman–Crippen LogP) is 7.61. The molecule has 0 N–H and O–H groups in total. The molecule has 0 atom stereocenters. The van der Waals surface area contributed by atoms with Gasteiger partial charge in [-0.15, -0.1) is 0 Å². The van der Waals surface area contributed by atoms with Gasteiger partial charge in [0.15, 0.2) is 0 Å². The van der Waals surface area contributed by atoms with Gasteiger partial charge >= 0.3 is 183 Å². The summed E-state index contributed by atoms with van der Waals surface area (Å²) in [6.07, 6.45) is 0. The SMILES string of the molecule is [Cl][Sn]([Cl])([CH]1c2ccccc2-c2ccccc21)[CH]1c2ccccc2-c2ccccc21. The summed E-state index contributed by atoms with van der Waals surface area (Å²) in [6.45, 7) is 0. The summed E-state index contributed by atoms with van der Waals surface area (Å²) < 4.78 is 0.230. The first-order valence-corrected chi connectivity index (χ1v) is 20.4. The molecule has 2 aliphatic rings. The number of benzene rings is 4. The van der Waals surface area contributed by atoms with Crippen LogP contribution in [-0.4, -0.2) is 16.1 Å². The third-order valence-corrected chi connectivity index (χ3v) is 20.2. The van der Waals surface area contributed by atoms with Gasteiger partial charge < -0.3 is 0 Å². The Bertz CT molecular complexity index is 1070. The Morgan fingerprint density at radius 3 is 0.931 bits per heavy atom. The normalized spacial score (nSPS) is 15.0. The molecule has 0 amide bonds. The number of halogens is 2. The fraction of sp³-hybridized carbons (Fsp3) is 0.0769. The number of rotatable bonds is 2. The van der Waals surface area contributed by atoms with Crippen LogP contribution in [0.5, 0.6) is 0 Å². The molecule has 0 nitrogen and oxygen atoms in total. The van der Waals surface area contributed by atoms with E-state index < -0.39 is 16.1 Å². The molecule has 29 heavy (non-hydrogen) atoms. The van der Waals surface area contributed by atoms with Crippen LogP contribution in [0.3, 0.4) is 0 Å². The summed E-state index contributed by atoms with van der Waals surface area (Å²) in [5.41, 5.74) is 10.4. The van der Waals surface area contributed by atoms with Crippen molar-refractivity contribution in [3.05, 3.63) is 119 Å². The predicted molar refractivity (Wildman–Crippen MR) is 125 cm³/mol. The molecular formula is C26H18Cl2Sn. The average Bonchev–Trinajstić information content (AvgIpc) is 3.28. The number of hydrogen-bond acceptors (Lipinski definition) is 0. The molecule has 0 spiro atoms. The second kappa shape index (κ2) is 6.63. The Hall–Kier alpha value is -1.74. The van der Waals surface area contributed by atoms with Gasteiger partial charge in [0, 0.05) is 0 Å². The molecule has 0 saturated carbocycles. The second-order valence-corrected chi connectivity index (χ2v) is 24.7. The van der Waals surface area contributed by atoms with Crippen molar-refractivity contribution in [3.63, 3.8) is 0 Å². The molecule has 0 unspecified atom stereocenters. The van der Waals surface area contributed by atoms with E-state index in [1.807, 2.05) is 0 Å². The Labute approximate surface area is 182 Å². The zero-order valence-electron chi connectivity index (χ0n) is 15.6. The first kappa shape index (κ1) is 18.1. The first-order valence-electron chi connectivity index (χ1n) is 9.92. The molecule has 0 saturated heterocycles. The van der Waals surface area contributed by atoms with Crippen molar-refractivity contribution in [1.29, 1.82) is 0 Å². The van der Waals surface area contributed by atoms with Crippen LogP contribution in [0.1, 0.15) is 30.1 Å². The monoisotopic (exact) mass is 520 g/mol. The zero-order chi connectivity index (χ0) is 19.6. The van der Waals surface area contributed by atoms with E-state index in [1.54, 1.807) is 0 Å². The Kier molecular flexibility index (Phi) is 4.13. The molecular weight excluding hydrogens is 502 g/mol. The van der Waals surface area contributed by atoms with Crippen LogP contribution in [-0.2, 0) is 0 Å². The van der Waals surface area contributed by atoms with Crippen LogP contribution >= 0.6 is 17.8 Å². The number of fused-ring (bicyclic) bond motifs is 6. The van der Waals surface area contributed by atoms with Gasteiger partial charge in [-0.1, -0.05) is 0 Å². The van der Waals surface area contributed by atoms with E-state index >= 15 is 0 Å². The van der Waals surface area contributed by atoms with Crippen molar-refractivity contribution in [2.75, 3.05) is 0 Å². The second-order valence-electron chi connectivity index (χ2n) is 7.89. The molecule has 4 aromatic rings. The van der Waals surface area contributed by atoms with E-state index in [-0.39, 0.29) is 7.87 Å². The molecule has 0 bridgehead atoms. The van der Waals surface area contributed by atoms with Crippen molar-refractivity contribution in [3.8, 4) is 22.3 Å². The molecule has 3 heteroatoms. The zero-order valence-corrected chi connectivity index (χ0v) is 20.0. The minimum atomic E-state index is -3.86. The van der Waals surface area contributed by atoms with Gasteiger partial charge in [0.25, 0.3) is 0 Å². The molecule has 2 aliphatic carbocycles. The maximum atomic E-state index is 7.64. The summed E-state index contributed by atoms with van der Waals surface area (Å²) >= 11 is -3.86. The van der Waals surface area contributed by atoms with Crippen LogP contribution in [0.2, 0.25) is 0 Å². The van der Waals surface area contributed by atoms with E-state index in [2.05, 4.69) is 97.1 Å². The first-order chi connectivity index (χ1) is 14.2. The maximum absolute atomic E-state index is 7.64. The van der Waals surface area contributed by atoms with E-state index in [0.717, 1.165) is 0 Å². The van der Waals surface area contributed by atoms with Crippen molar-refractivity contribution >= 4 is 34.0 Å². The van der Waals surface area contributed by atoms with Gasteiger partial charge in [0.2, 0.25) is 0 Å². The Morgan fingerprint density at radius 1 is 0.414 bits per heavy atom. The van der Waals surface area contributed by atoms with Gasteiger partial charge in [-0.2, -0.15) is 0 Å². The summed E-state index contributed by atoms with van der Waals surface area (Å²) in [6, 6.07) is 34.6. The molecule has 4 aromatic carbocycles. The van der Waals surface area contributed by atoms with Crippen molar-refractivity contribution in [2.24, 2.45) is 0 Å². The standard InChI is InChI=1S/2C13H9.2ClH.Sn/c2*1-3-7-12-10(5-1)9-11-6-2-4-8-13(11)12;;;/h2*1-9H;2*1H;/q;;;;+2/p-2. The fourth-order valence-electron chi connectivity index (χ4n) is 5.31. The van der Waals surface area contributed by atoms with Crippen LogP contribution < -0.4 is 0 Å². The Balaban J connectivity index is 1.61. The summed E-state index contributed by atoms with van der Waals surface area (Å²) in [4.78, 5) is 0. The minimum absolute atomic E-state index is 0.115. The summed E-state index contributed by atoms with van der Waals surface area (Å²) in [5, 5.41) is 0. The fourth-order valence-corrected chi connectivity index (χ4v) is 20.2. The molecule has 6 rings (SSSR count). The van der Waals surface area contributed by atoms with Gasteiger partial charge in [0.1, 0.15) is 0 Å². The van der Waals surface area contributed by atoms with Crippen LogP contribution in [0.25, 0.3) is 22.3 Å². The molecule has 0 aromatic heterocycles. The van der Waals surface area contributed by atoms with Gasteiger partial charge in [-0.05, 0) is 0 Å². The van der Waals surface area contributed by atoms with Gasteiger partial charge in [-0.25, -0.2) is 0 Å². The molecule has 0 heterocycles. The van der Waals surface area contributed by atoms with Crippen LogP contribution in [0.4, 0.5) is 0 Å². The van der Waals surface area contributed by atoms with Crippen molar-refractivity contribution in [2.45, 2.75) is 7.87 Å².